The summed E-state index contributed by atoms with van der Waals surface area (Å²) in [6.45, 7) is 3.35. The van der Waals surface area contributed by atoms with Crippen LogP contribution < -0.4 is 4.31 Å². The zero-order valence-corrected chi connectivity index (χ0v) is 15.8. The maximum absolute atomic E-state index is 14.0. The van der Waals surface area contributed by atoms with Crippen LogP contribution in [-0.4, -0.2) is 8.42 Å². The summed E-state index contributed by atoms with van der Waals surface area (Å²) in [5, 5.41) is 0. The first-order valence-electron chi connectivity index (χ1n) is 8.37. The second-order valence-electron chi connectivity index (χ2n) is 6.39. The van der Waals surface area contributed by atoms with E-state index < -0.39 is 21.7 Å². The maximum atomic E-state index is 14.0. The van der Waals surface area contributed by atoms with Crippen molar-refractivity contribution in [3.8, 4) is 0 Å². The predicted octanol–water partition coefficient (Wildman–Crippen LogP) is 4.98. The van der Waals surface area contributed by atoms with Crippen LogP contribution in [0.5, 0.6) is 0 Å². The molecule has 140 valence electrons. The van der Waals surface area contributed by atoms with Crippen molar-refractivity contribution in [3.05, 3.63) is 95.1 Å². The minimum atomic E-state index is -4.05. The van der Waals surface area contributed by atoms with Gasteiger partial charge in [-0.05, 0) is 66.9 Å². The third kappa shape index (κ3) is 4.17. The molecule has 0 aliphatic carbocycles. The number of benzene rings is 3. The van der Waals surface area contributed by atoms with Gasteiger partial charge in [-0.3, -0.25) is 4.31 Å². The normalized spacial score (nSPS) is 11.4. The molecule has 0 heterocycles. The van der Waals surface area contributed by atoms with Crippen LogP contribution in [0.3, 0.4) is 0 Å². The van der Waals surface area contributed by atoms with E-state index in [1.165, 1.54) is 34.6 Å². The first-order valence-corrected chi connectivity index (χ1v) is 9.81. The van der Waals surface area contributed by atoms with E-state index in [2.05, 4.69) is 0 Å². The van der Waals surface area contributed by atoms with Crippen molar-refractivity contribution < 1.29 is 17.2 Å². The molecule has 0 aliphatic heterocycles. The lowest BCUT2D eigenvalue weighted by molar-refractivity contribution is 0.584. The number of sulfonamides is 1. The van der Waals surface area contributed by atoms with Crippen LogP contribution in [0.2, 0.25) is 0 Å². The summed E-state index contributed by atoms with van der Waals surface area (Å²) < 4.78 is 55.3. The van der Waals surface area contributed by atoms with Gasteiger partial charge in [0.05, 0.1) is 17.1 Å². The number of anilines is 1. The van der Waals surface area contributed by atoms with Gasteiger partial charge in [-0.2, -0.15) is 0 Å². The Morgan fingerprint density at radius 1 is 0.889 bits per heavy atom. The highest BCUT2D eigenvalue weighted by molar-refractivity contribution is 7.92. The van der Waals surface area contributed by atoms with Gasteiger partial charge in [-0.1, -0.05) is 30.3 Å². The van der Waals surface area contributed by atoms with E-state index in [-0.39, 0.29) is 11.4 Å². The molecular formula is C21H19F2NO2S. The lowest BCUT2D eigenvalue weighted by Gasteiger charge is -2.25. The van der Waals surface area contributed by atoms with Gasteiger partial charge in [0.1, 0.15) is 11.6 Å². The van der Waals surface area contributed by atoms with E-state index in [9.17, 15) is 17.2 Å². The molecule has 3 rings (SSSR count). The topological polar surface area (TPSA) is 37.4 Å². The lowest BCUT2D eigenvalue weighted by atomic mass is 10.2. The third-order valence-corrected chi connectivity index (χ3v) is 6.01. The van der Waals surface area contributed by atoms with Crippen LogP contribution in [0.25, 0.3) is 0 Å². The molecule has 3 nitrogen and oxygen atoms in total. The Labute approximate surface area is 157 Å². The molecule has 27 heavy (non-hydrogen) atoms. The highest BCUT2D eigenvalue weighted by atomic mass is 32.2. The van der Waals surface area contributed by atoms with Crippen molar-refractivity contribution in [1.82, 2.24) is 0 Å². The van der Waals surface area contributed by atoms with Crippen LogP contribution in [-0.2, 0) is 16.6 Å². The minimum absolute atomic E-state index is 0.0704. The fourth-order valence-corrected chi connectivity index (χ4v) is 4.22. The smallest absolute Gasteiger partial charge is 0.262 e. The SMILES string of the molecule is Cc1cccc(N(Cc2cccc(F)c2)S(=O)(=O)c2ccc(C)c(F)c2)c1. The first kappa shape index (κ1) is 19.0. The highest BCUT2D eigenvalue weighted by Crippen LogP contribution is 2.27. The molecule has 0 radical (unpaired) electrons. The van der Waals surface area contributed by atoms with E-state index in [4.69, 9.17) is 0 Å². The molecule has 0 N–H and O–H groups in total. The van der Waals surface area contributed by atoms with Crippen molar-refractivity contribution in [1.29, 1.82) is 0 Å². The van der Waals surface area contributed by atoms with E-state index in [0.717, 1.165) is 11.6 Å². The van der Waals surface area contributed by atoms with Gasteiger partial charge in [0.25, 0.3) is 10.0 Å². The molecule has 0 unspecified atom stereocenters. The number of hydrogen-bond acceptors (Lipinski definition) is 2. The molecule has 0 bridgehead atoms. The van der Waals surface area contributed by atoms with Crippen molar-refractivity contribution >= 4 is 15.7 Å². The summed E-state index contributed by atoms with van der Waals surface area (Å²) in [7, 11) is -4.05. The Morgan fingerprint density at radius 3 is 2.30 bits per heavy atom. The van der Waals surface area contributed by atoms with Gasteiger partial charge in [-0.25, -0.2) is 17.2 Å². The van der Waals surface area contributed by atoms with Gasteiger partial charge >= 0.3 is 0 Å². The second-order valence-corrected chi connectivity index (χ2v) is 8.25. The Hall–Kier alpha value is -2.73. The van der Waals surface area contributed by atoms with E-state index in [1.54, 1.807) is 31.2 Å². The zero-order valence-electron chi connectivity index (χ0n) is 15.0. The second kappa shape index (κ2) is 7.48. The Kier molecular flexibility index (Phi) is 5.28. The molecule has 0 saturated heterocycles. The summed E-state index contributed by atoms with van der Waals surface area (Å²) in [4.78, 5) is -0.150. The quantitative estimate of drug-likeness (QED) is 0.619. The number of nitrogens with zero attached hydrogens (tertiary/aromatic N) is 1. The lowest BCUT2D eigenvalue weighted by Crippen LogP contribution is -2.30. The van der Waals surface area contributed by atoms with Crippen molar-refractivity contribution in [2.75, 3.05) is 4.31 Å². The Bertz CT molecular complexity index is 1080. The molecule has 3 aromatic carbocycles. The van der Waals surface area contributed by atoms with Crippen LogP contribution >= 0.6 is 0 Å². The fraction of sp³-hybridized carbons (Fsp3) is 0.143. The molecule has 0 spiro atoms. The summed E-state index contributed by atoms with van der Waals surface area (Å²) >= 11 is 0. The van der Waals surface area contributed by atoms with Crippen molar-refractivity contribution in [2.45, 2.75) is 25.3 Å². The molecule has 0 aliphatic rings. The summed E-state index contributed by atoms with van der Waals surface area (Å²) in [5.41, 5.74) is 2.16. The monoisotopic (exact) mass is 387 g/mol. The summed E-state index contributed by atoms with van der Waals surface area (Å²) in [6.07, 6.45) is 0. The van der Waals surface area contributed by atoms with Crippen LogP contribution in [0.1, 0.15) is 16.7 Å². The Morgan fingerprint density at radius 2 is 1.63 bits per heavy atom. The number of aryl methyl sites for hydroxylation is 2. The largest absolute Gasteiger partial charge is 0.264 e. The van der Waals surface area contributed by atoms with Crippen LogP contribution in [0.15, 0.2) is 71.6 Å². The van der Waals surface area contributed by atoms with E-state index in [1.807, 2.05) is 13.0 Å². The summed E-state index contributed by atoms with van der Waals surface area (Å²) in [5.74, 6) is -1.04. The van der Waals surface area contributed by atoms with Gasteiger partial charge in [0.15, 0.2) is 0 Å². The molecule has 0 saturated carbocycles. The number of hydrogen-bond donors (Lipinski definition) is 0. The van der Waals surface area contributed by atoms with Gasteiger partial charge in [-0.15, -0.1) is 0 Å². The van der Waals surface area contributed by atoms with Crippen molar-refractivity contribution in [3.63, 3.8) is 0 Å². The average molecular weight is 387 g/mol. The van der Waals surface area contributed by atoms with Crippen LogP contribution in [0.4, 0.5) is 14.5 Å². The average Bonchev–Trinajstić information content (AvgIpc) is 2.62. The standard InChI is InChI=1S/C21H19F2NO2S/c1-15-5-3-8-19(11-15)24(14-17-6-4-7-18(22)12-17)27(25,26)20-10-9-16(2)21(23)13-20/h3-13H,14H2,1-2H3. The third-order valence-electron chi connectivity index (χ3n) is 4.24. The van der Waals surface area contributed by atoms with Gasteiger partial charge < -0.3 is 0 Å². The minimum Gasteiger partial charge on any atom is -0.262 e. The van der Waals surface area contributed by atoms with Gasteiger partial charge in [0.2, 0.25) is 0 Å². The Balaban J connectivity index is 2.11. The molecule has 0 aromatic heterocycles. The molecular weight excluding hydrogens is 368 g/mol. The zero-order chi connectivity index (χ0) is 19.6. The summed E-state index contributed by atoms with van der Waals surface area (Å²) in [6, 6.07) is 16.6. The maximum Gasteiger partial charge on any atom is 0.264 e. The molecule has 0 amide bonds. The predicted molar refractivity (Wildman–Crippen MR) is 102 cm³/mol. The molecule has 0 fully saturated rings. The van der Waals surface area contributed by atoms with Gasteiger partial charge in [0, 0.05) is 0 Å². The molecule has 6 heteroatoms. The fourth-order valence-electron chi connectivity index (χ4n) is 2.76. The first-order chi connectivity index (χ1) is 12.8. The van der Waals surface area contributed by atoms with E-state index in [0.29, 0.717) is 16.8 Å². The molecule has 0 atom stereocenters. The van der Waals surface area contributed by atoms with E-state index >= 15 is 0 Å². The van der Waals surface area contributed by atoms with Crippen LogP contribution in [0, 0.1) is 25.5 Å². The molecule has 3 aromatic rings. The highest BCUT2D eigenvalue weighted by Gasteiger charge is 2.26. The van der Waals surface area contributed by atoms with Crippen molar-refractivity contribution in [2.24, 2.45) is 0 Å². The number of halogens is 2. The number of rotatable bonds is 5.